The maximum absolute atomic E-state index is 14.9. The van der Waals surface area contributed by atoms with Gasteiger partial charge in [-0.2, -0.15) is 17.9 Å². The number of ketones is 1. The predicted molar refractivity (Wildman–Crippen MR) is 129 cm³/mol. The van der Waals surface area contributed by atoms with E-state index < -0.39 is 61.0 Å². The van der Waals surface area contributed by atoms with Crippen LogP contribution in [-0.4, -0.2) is 37.7 Å². The molecule has 13 heteroatoms. The Kier molecular flexibility index (Phi) is 6.51. The molecule has 0 bridgehead atoms. The number of alkyl halides is 3. The average molecular weight is 554 g/mol. The summed E-state index contributed by atoms with van der Waals surface area (Å²) >= 11 is 0. The van der Waals surface area contributed by atoms with Gasteiger partial charge in [0.25, 0.3) is 5.91 Å². The molecule has 38 heavy (non-hydrogen) atoms. The minimum Gasteiger partial charge on any atom is -0.326 e. The van der Waals surface area contributed by atoms with Gasteiger partial charge < -0.3 is 5.32 Å². The molecular weight excluding hydrogens is 530 g/mol. The fraction of sp³-hybridized carbons (Fsp3) is 0.320. The Morgan fingerprint density at radius 2 is 1.55 bits per heavy atom. The maximum atomic E-state index is 14.9. The molecular formula is C25H23F4N3O5S. The Hall–Kier alpha value is -3.58. The highest BCUT2D eigenvalue weighted by Crippen LogP contribution is 2.53. The molecule has 2 N–H and O–H groups in total. The molecule has 0 saturated heterocycles. The molecule has 4 rings (SSSR count). The van der Waals surface area contributed by atoms with Crippen LogP contribution in [0, 0.1) is 11.2 Å². The summed E-state index contributed by atoms with van der Waals surface area (Å²) in [5.74, 6) is -3.94. The first-order valence-electron chi connectivity index (χ1n) is 11.3. The number of sulfonamides is 1. The minimum absolute atomic E-state index is 0.151. The van der Waals surface area contributed by atoms with Gasteiger partial charge in [0.2, 0.25) is 21.5 Å². The van der Waals surface area contributed by atoms with Gasteiger partial charge in [-0.1, -0.05) is 13.8 Å². The van der Waals surface area contributed by atoms with Gasteiger partial charge in [0.15, 0.2) is 5.78 Å². The lowest BCUT2D eigenvalue weighted by molar-refractivity contribution is -0.184. The van der Waals surface area contributed by atoms with E-state index >= 15 is 0 Å². The first-order chi connectivity index (χ1) is 17.5. The van der Waals surface area contributed by atoms with E-state index in [4.69, 9.17) is 0 Å². The number of carbonyl (C=O) groups is 3. The lowest BCUT2D eigenvalue weighted by Crippen LogP contribution is -2.66. The van der Waals surface area contributed by atoms with Gasteiger partial charge in [-0.25, -0.2) is 12.8 Å². The fourth-order valence-corrected chi connectivity index (χ4v) is 6.08. The first-order valence-corrected chi connectivity index (χ1v) is 12.8. The standard InChI is InChI=1S/C25H23F4N3O5S/c1-14(33)30-16-6-10-18(11-7-16)38(36,37)31-24(25(27,28)29)21-19(12-23(2,3)13-20(21)34)32(22(24)35)17-8-4-15(26)5-9-17/h4-11,31H,12-13H2,1-3H3,(H,30,33)/t24-/m0/s1. The van der Waals surface area contributed by atoms with Crippen molar-refractivity contribution in [1.82, 2.24) is 4.72 Å². The number of halogens is 4. The lowest BCUT2D eigenvalue weighted by Gasteiger charge is -2.35. The third-order valence-electron chi connectivity index (χ3n) is 6.30. The molecule has 202 valence electrons. The normalized spacial score (nSPS) is 21.5. The minimum atomic E-state index is -5.57. The van der Waals surface area contributed by atoms with Crippen LogP contribution in [0.15, 0.2) is 64.7 Å². The van der Waals surface area contributed by atoms with E-state index in [1.165, 1.54) is 11.6 Å². The van der Waals surface area contributed by atoms with Crippen LogP contribution in [0.1, 0.15) is 33.6 Å². The van der Waals surface area contributed by atoms with E-state index in [0.29, 0.717) is 4.90 Å². The van der Waals surface area contributed by atoms with Crippen molar-refractivity contribution in [3.8, 4) is 0 Å². The van der Waals surface area contributed by atoms with Crippen molar-refractivity contribution in [2.45, 2.75) is 50.2 Å². The van der Waals surface area contributed by atoms with Gasteiger partial charge in [-0.05, 0) is 60.4 Å². The van der Waals surface area contributed by atoms with E-state index in [9.17, 15) is 40.4 Å². The number of nitrogens with zero attached hydrogens (tertiary/aromatic N) is 1. The van der Waals surface area contributed by atoms with Crippen molar-refractivity contribution in [3.05, 3.63) is 65.6 Å². The molecule has 0 unspecified atom stereocenters. The number of allylic oxidation sites excluding steroid dienone is 1. The molecule has 0 spiro atoms. The molecule has 2 aromatic rings. The number of benzene rings is 2. The van der Waals surface area contributed by atoms with Crippen molar-refractivity contribution in [1.29, 1.82) is 0 Å². The van der Waals surface area contributed by atoms with Gasteiger partial charge in [0.05, 0.1) is 10.5 Å². The number of carbonyl (C=O) groups excluding carboxylic acids is 3. The largest absolute Gasteiger partial charge is 0.421 e. The smallest absolute Gasteiger partial charge is 0.326 e. The highest BCUT2D eigenvalue weighted by Gasteiger charge is 2.72. The third kappa shape index (κ3) is 4.60. The second-order valence-corrected chi connectivity index (χ2v) is 11.6. The van der Waals surface area contributed by atoms with Crippen LogP contribution in [0.5, 0.6) is 0 Å². The first kappa shape index (κ1) is 27.5. The molecule has 1 heterocycles. The van der Waals surface area contributed by atoms with Crippen molar-refractivity contribution >= 4 is 39.0 Å². The molecule has 2 aliphatic rings. The zero-order valence-electron chi connectivity index (χ0n) is 20.4. The summed E-state index contributed by atoms with van der Waals surface area (Å²) in [5.41, 5.74) is -6.02. The number of Topliss-reactive ketones (excluding diaryl/α,β-unsaturated/α-hetero) is 1. The zero-order chi connectivity index (χ0) is 28.3. The molecule has 1 atom stereocenters. The van der Waals surface area contributed by atoms with Crippen LogP contribution in [0.4, 0.5) is 28.9 Å². The van der Waals surface area contributed by atoms with Crippen molar-refractivity contribution in [2.24, 2.45) is 5.41 Å². The third-order valence-corrected chi connectivity index (χ3v) is 7.77. The molecule has 2 amide bonds. The average Bonchev–Trinajstić information content (AvgIpc) is 3.01. The van der Waals surface area contributed by atoms with Gasteiger partial charge in [0, 0.05) is 30.4 Å². The SMILES string of the molecule is CC(=O)Nc1ccc(S(=O)(=O)N[C@]2(C(F)(F)F)C(=O)N(c3ccc(F)cc3)C3=C2C(=O)CC(C)(C)C3)cc1. The second-order valence-electron chi connectivity index (χ2n) is 9.94. The van der Waals surface area contributed by atoms with Gasteiger partial charge in [0.1, 0.15) is 5.82 Å². The molecule has 2 aromatic carbocycles. The summed E-state index contributed by atoms with van der Waals surface area (Å²) in [6.07, 6.45) is -6.08. The molecule has 8 nitrogen and oxygen atoms in total. The molecule has 0 saturated carbocycles. The molecule has 1 aliphatic carbocycles. The van der Waals surface area contributed by atoms with Crippen LogP contribution in [0.2, 0.25) is 0 Å². The van der Waals surface area contributed by atoms with Crippen molar-refractivity contribution in [3.63, 3.8) is 0 Å². The number of anilines is 2. The summed E-state index contributed by atoms with van der Waals surface area (Å²) in [7, 11) is -5.06. The van der Waals surface area contributed by atoms with Gasteiger partial charge >= 0.3 is 6.18 Å². The zero-order valence-corrected chi connectivity index (χ0v) is 21.3. The second kappa shape index (κ2) is 9.02. The number of nitrogens with one attached hydrogen (secondary N) is 2. The number of rotatable bonds is 5. The van der Waals surface area contributed by atoms with Crippen LogP contribution in [0.25, 0.3) is 0 Å². The van der Waals surface area contributed by atoms with Crippen LogP contribution >= 0.6 is 0 Å². The highest BCUT2D eigenvalue weighted by molar-refractivity contribution is 7.89. The van der Waals surface area contributed by atoms with Crippen molar-refractivity contribution < 1.29 is 40.4 Å². The van der Waals surface area contributed by atoms with Gasteiger partial charge in [-0.15, -0.1) is 0 Å². The highest BCUT2D eigenvalue weighted by atomic mass is 32.2. The lowest BCUT2D eigenvalue weighted by atomic mass is 9.72. The summed E-state index contributed by atoms with van der Waals surface area (Å²) in [5, 5.41) is 2.40. The van der Waals surface area contributed by atoms with E-state index in [2.05, 4.69) is 5.32 Å². The van der Waals surface area contributed by atoms with Gasteiger partial charge in [-0.3, -0.25) is 19.3 Å². The maximum Gasteiger partial charge on any atom is 0.421 e. The monoisotopic (exact) mass is 553 g/mol. The molecule has 0 radical (unpaired) electrons. The van der Waals surface area contributed by atoms with Crippen LogP contribution < -0.4 is 14.9 Å². The molecule has 0 fully saturated rings. The van der Waals surface area contributed by atoms with Crippen molar-refractivity contribution in [2.75, 3.05) is 10.2 Å². The Balaban J connectivity index is 1.91. The van der Waals surface area contributed by atoms with Crippen LogP contribution in [0.3, 0.4) is 0 Å². The van der Waals surface area contributed by atoms with E-state index in [-0.39, 0.29) is 29.9 Å². The quantitative estimate of drug-likeness (QED) is 0.543. The Labute approximate surface area is 215 Å². The van der Waals surface area contributed by atoms with E-state index in [1.54, 1.807) is 13.8 Å². The number of hydrogen-bond acceptors (Lipinski definition) is 5. The summed E-state index contributed by atoms with van der Waals surface area (Å²) < 4.78 is 86.4. The number of amides is 2. The number of hydrogen-bond donors (Lipinski definition) is 2. The fourth-order valence-electron chi connectivity index (χ4n) is 4.76. The molecule has 0 aromatic heterocycles. The Morgan fingerprint density at radius 3 is 2.08 bits per heavy atom. The Morgan fingerprint density at radius 1 is 0.974 bits per heavy atom. The Bertz CT molecular complexity index is 1470. The topological polar surface area (TPSA) is 113 Å². The molecule has 1 aliphatic heterocycles. The summed E-state index contributed by atoms with van der Waals surface area (Å²) in [6.45, 7) is 4.48. The van der Waals surface area contributed by atoms with E-state index in [1.807, 2.05) is 0 Å². The van der Waals surface area contributed by atoms with E-state index in [0.717, 1.165) is 48.5 Å². The van der Waals surface area contributed by atoms with Crippen LogP contribution in [-0.2, 0) is 24.4 Å². The summed E-state index contributed by atoms with van der Waals surface area (Å²) in [6, 6.07) is 8.26. The summed E-state index contributed by atoms with van der Waals surface area (Å²) in [4.78, 5) is 38.2. The predicted octanol–water partition coefficient (Wildman–Crippen LogP) is 4.05.